The summed E-state index contributed by atoms with van der Waals surface area (Å²) >= 11 is 0. The van der Waals surface area contributed by atoms with Crippen LogP contribution in [0.25, 0.3) is 22.4 Å². The smallest absolute Gasteiger partial charge is 0.226 e. The fraction of sp³-hybridized carbons (Fsp3) is 0.111. The van der Waals surface area contributed by atoms with E-state index in [9.17, 15) is 4.39 Å². The van der Waals surface area contributed by atoms with Crippen LogP contribution in [-0.2, 0) is 13.1 Å². The predicted molar refractivity (Wildman–Crippen MR) is 96.5 cm³/mol. The van der Waals surface area contributed by atoms with E-state index in [0.29, 0.717) is 30.6 Å². The number of halogens is 1. The lowest BCUT2D eigenvalue weighted by atomic mass is 10.1. The van der Waals surface area contributed by atoms with Gasteiger partial charge < -0.3 is 11.1 Å². The van der Waals surface area contributed by atoms with E-state index in [1.54, 1.807) is 6.07 Å². The second-order valence-corrected chi connectivity index (χ2v) is 5.73. The zero-order valence-corrected chi connectivity index (χ0v) is 13.8. The summed E-state index contributed by atoms with van der Waals surface area (Å²) in [5.74, 6) is 0.593. The van der Waals surface area contributed by atoms with Crippen LogP contribution in [0.2, 0.25) is 0 Å². The second-order valence-electron chi connectivity index (χ2n) is 5.73. The van der Waals surface area contributed by atoms with Crippen LogP contribution in [0.1, 0.15) is 11.1 Å². The molecule has 0 atom stereocenters. The summed E-state index contributed by atoms with van der Waals surface area (Å²) in [5, 5.41) is 11.3. The van der Waals surface area contributed by atoms with Gasteiger partial charge in [0.1, 0.15) is 17.8 Å². The van der Waals surface area contributed by atoms with Crippen LogP contribution in [0, 0.1) is 5.82 Å². The Labute approximate surface area is 148 Å². The highest BCUT2D eigenvalue weighted by Crippen LogP contribution is 2.25. The highest BCUT2D eigenvalue weighted by atomic mass is 19.1. The van der Waals surface area contributed by atoms with Crippen molar-refractivity contribution in [3.63, 3.8) is 0 Å². The SMILES string of the molecule is NCc1cccc2c(-c3ncnc(NCc4cccc(F)c4)n3)[nH]nc12. The van der Waals surface area contributed by atoms with Gasteiger partial charge in [-0.25, -0.2) is 14.4 Å². The standard InChI is InChI=1S/C18H16FN7/c19-13-5-1-3-11(7-13)9-21-18-23-10-22-17(24-18)16-14-6-2-4-12(8-20)15(14)25-26-16/h1-7,10H,8-9,20H2,(H,25,26)(H,21,22,23,24). The first-order valence-corrected chi connectivity index (χ1v) is 8.08. The summed E-state index contributed by atoms with van der Waals surface area (Å²) in [4.78, 5) is 12.8. The molecule has 0 aliphatic rings. The molecule has 7 nitrogen and oxygen atoms in total. The Morgan fingerprint density at radius 1 is 1.12 bits per heavy atom. The van der Waals surface area contributed by atoms with Gasteiger partial charge in [0.05, 0.1) is 5.52 Å². The van der Waals surface area contributed by atoms with Gasteiger partial charge in [-0.15, -0.1) is 0 Å². The van der Waals surface area contributed by atoms with E-state index >= 15 is 0 Å². The Kier molecular flexibility index (Phi) is 4.24. The van der Waals surface area contributed by atoms with Crippen molar-refractivity contribution in [3.05, 3.63) is 65.7 Å². The lowest BCUT2D eigenvalue weighted by Gasteiger charge is -2.06. The third-order valence-electron chi connectivity index (χ3n) is 4.02. The summed E-state index contributed by atoms with van der Waals surface area (Å²) in [6, 6.07) is 12.2. The van der Waals surface area contributed by atoms with Gasteiger partial charge in [-0.3, -0.25) is 5.10 Å². The Morgan fingerprint density at radius 3 is 2.85 bits per heavy atom. The molecule has 0 saturated carbocycles. The van der Waals surface area contributed by atoms with Crippen LogP contribution in [0.3, 0.4) is 0 Å². The quantitative estimate of drug-likeness (QED) is 0.511. The summed E-state index contributed by atoms with van der Waals surface area (Å²) in [6.07, 6.45) is 1.43. The maximum atomic E-state index is 13.3. The normalized spacial score (nSPS) is 11.0. The third-order valence-corrected chi connectivity index (χ3v) is 4.02. The maximum Gasteiger partial charge on any atom is 0.226 e. The Hall–Kier alpha value is -3.39. The molecule has 130 valence electrons. The van der Waals surface area contributed by atoms with Crippen molar-refractivity contribution < 1.29 is 4.39 Å². The first-order chi connectivity index (χ1) is 12.7. The Balaban J connectivity index is 1.62. The fourth-order valence-electron chi connectivity index (χ4n) is 2.76. The highest BCUT2D eigenvalue weighted by Gasteiger charge is 2.13. The number of aromatic nitrogens is 5. The summed E-state index contributed by atoms with van der Waals surface area (Å²) < 4.78 is 13.3. The predicted octanol–water partition coefficient (Wildman–Crippen LogP) is 2.62. The van der Waals surface area contributed by atoms with E-state index < -0.39 is 0 Å². The van der Waals surface area contributed by atoms with Gasteiger partial charge in [-0.2, -0.15) is 10.1 Å². The number of nitrogens with one attached hydrogen (secondary N) is 2. The van der Waals surface area contributed by atoms with Gasteiger partial charge >= 0.3 is 0 Å². The molecule has 4 N–H and O–H groups in total. The van der Waals surface area contributed by atoms with Crippen molar-refractivity contribution in [1.29, 1.82) is 0 Å². The van der Waals surface area contributed by atoms with Crippen molar-refractivity contribution >= 4 is 16.9 Å². The molecule has 0 spiro atoms. The molecule has 0 bridgehead atoms. The third kappa shape index (κ3) is 3.09. The number of hydrogen-bond acceptors (Lipinski definition) is 6. The van der Waals surface area contributed by atoms with E-state index in [-0.39, 0.29) is 5.82 Å². The molecular formula is C18H16FN7. The molecule has 0 unspecified atom stereocenters. The number of fused-ring (bicyclic) bond motifs is 1. The van der Waals surface area contributed by atoms with E-state index in [1.807, 2.05) is 24.3 Å². The number of aromatic amines is 1. The molecule has 0 fully saturated rings. The number of para-hydroxylation sites is 1. The van der Waals surface area contributed by atoms with Gasteiger partial charge in [-0.05, 0) is 23.3 Å². The van der Waals surface area contributed by atoms with E-state index in [4.69, 9.17) is 5.73 Å². The molecule has 2 aromatic carbocycles. The van der Waals surface area contributed by atoms with Crippen LogP contribution in [0.5, 0.6) is 0 Å². The lowest BCUT2D eigenvalue weighted by Crippen LogP contribution is -2.05. The largest absolute Gasteiger partial charge is 0.350 e. The van der Waals surface area contributed by atoms with Crippen LogP contribution in [0.15, 0.2) is 48.8 Å². The average molecular weight is 349 g/mol. The highest BCUT2D eigenvalue weighted by molar-refractivity contribution is 5.93. The molecule has 4 aromatic rings. The Morgan fingerprint density at radius 2 is 2.00 bits per heavy atom. The van der Waals surface area contributed by atoms with Gasteiger partial charge in [0.2, 0.25) is 5.95 Å². The van der Waals surface area contributed by atoms with E-state index in [0.717, 1.165) is 22.0 Å². The molecular weight excluding hydrogens is 333 g/mol. The van der Waals surface area contributed by atoms with Gasteiger partial charge in [-0.1, -0.05) is 30.3 Å². The second kappa shape index (κ2) is 6.85. The van der Waals surface area contributed by atoms with Crippen molar-refractivity contribution in [2.75, 3.05) is 5.32 Å². The molecule has 2 heterocycles. The van der Waals surface area contributed by atoms with Crippen LogP contribution >= 0.6 is 0 Å². The minimum absolute atomic E-state index is 0.278. The molecule has 0 aliphatic heterocycles. The van der Waals surface area contributed by atoms with Crippen LogP contribution < -0.4 is 11.1 Å². The Bertz CT molecular complexity index is 1060. The number of rotatable bonds is 5. The van der Waals surface area contributed by atoms with Gasteiger partial charge in [0.25, 0.3) is 0 Å². The number of nitrogens with two attached hydrogens (primary N) is 1. The van der Waals surface area contributed by atoms with E-state index in [2.05, 4.69) is 30.5 Å². The van der Waals surface area contributed by atoms with E-state index in [1.165, 1.54) is 18.5 Å². The molecule has 0 aliphatic carbocycles. The van der Waals surface area contributed by atoms with Crippen molar-refractivity contribution in [2.24, 2.45) is 5.73 Å². The zero-order chi connectivity index (χ0) is 17.9. The van der Waals surface area contributed by atoms with Gasteiger partial charge in [0, 0.05) is 18.5 Å². The molecule has 0 saturated heterocycles. The number of benzene rings is 2. The first-order valence-electron chi connectivity index (χ1n) is 8.08. The summed E-state index contributed by atoms with van der Waals surface area (Å²) in [5.41, 5.74) is 9.01. The van der Waals surface area contributed by atoms with Crippen molar-refractivity contribution in [3.8, 4) is 11.5 Å². The summed E-state index contributed by atoms with van der Waals surface area (Å²) in [7, 11) is 0. The molecule has 2 aromatic heterocycles. The van der Waals surface area contributed by atoms with Crippen molar-refractivity contribution in [1.82, 2.24) is 25.1 Å². The number of H-pyrrole nitrogens is 1. The first kappa shape index (κ1) is 16.1. The fourth-order valence-corrected chi connectivity index (χ4v) is 2.76. The lowest BCUT2D eigenvalue weighted by molar-refractivity contribution is 0.626. The van der Waals surface area contributed by atoms with Gasteiger partial charge in [0.15, 0.2) is 5.82 Å². The molecule has 26 heavy (non-hydrogen) atoms. The zero-order valence-electron chi connectivity index (χ0n) is 13.8. The molecule has 0 amide bonds. The summed E-state index contributed by atoms with van der Waals surface area (Å²) in [6.45, 7) is 0.807. The number of nitrogens with zero attached hydrogens (tertiary/aromatic N) is 4. The molecule has 4 rings (SSSR count). The number of anilines is 1. The average Bonchev–Trinajstić information content (AvgIpc) is 3.11. The number of hydrogen-bond donors (Lipinski definition) is 3. The molecule has 8 heteroatoms. The minimum atomic E-state index is -0.278. The monoisotopic (exact) mass is 349 g/mol. The molecule has 0 radical (unpaired) electrons. The topological polar surface area (TPSA) is 105 Å². The van der Waals surface area contributed by atoms with Crippen LogP contribution in [0.4, 0.5) is 10.3 Å². The van der Waals surface area contributed by atoms with Crippen molar-refractivity contribution in [2.45, 2.75) is 13.1 Å². The minimum Gasteiger partial charge on any atom is -0.350 e. The maximum absolute atomic E-state index is 13.3. The van der Waals surface area contributed by atoms with Crippen LogP contribution in [-0.4, -0.2) is 25.1 Å².